The van der Waals surface area contributed by atoms with E-state index < -0.39 is 7.82 Å². The summed E-state index contributed by atoms with van der Waals surface area (Å²) in [5, 5.41) is 6.14. The minimum atomic E-state index is -4.07. The number of hydrogen-bond acceptors (Lipinski definition) is 4. The monoisotopic (exact) mass is 691 g/mol. The summed E-state index contributed by atoms with van der Waals surface area (Å²) in [6.07, 6.45) is 15.4. The molecule has 5 rings (SSSR count). The molecule has 0 aliphatic heterocycles. The molecule has 10 heteroatoms. The minimum absolute atomic E-state index is 0.0714. The first-order chi connectivity index (χ1) is 23.4. The number of carbonyl (C=O) groups excluding carboxylic acids is 1. The molecular weight excluding hydrogens is 645 g/mol. The molecule has 0 saturated heterocycles. The van der Waals surface area contributed by atoms with E-state index >= 15 is 0 Å². The molecule has 0 saturated carbocycles. The van der Waals surface area contributed by atoms with E-state index in [-0.39, 0.29) is 12.5 Å². The largest absolute Gasteiger partial charge is 0.527 e. The zero-order valence-electron chi connectivity index (χ0n) is 27.6. The maximum Gasteiger partial charge on any atom is 0.527 e. The van der Waals surface area contributed by atoms with Gasteiger partial charge in [-0.15, -0.1) is 0 Å². The number of phosphoric ester groups is 1. The van der Waals surface area contributed by atoms with E-state index in [4.69, 9.17) is 20.6 Å². The average Bonchev–Trinajstić information content (AvgIpc) is 3.64. The second-order valence-corrected chi connectivity index (χ2v) is 14.2. The smallest absolute Gasteiger partial charge is 0.404 e. The van der Waals surface area contributed by atoms with E-state index in [1.165, 1.54) is 31.2 Å². The molecule has 0 spiro atoms. The van der Waals surface area contributed by atoms with Gasteiger partial charge in [0.15, 0.2) is 0 Å². The molecule has 0 aliphatic carbocycles. The SMILES string of the molecule is O=C(Cc1cn(CCn2ccc3cc(Cl)ccc32)c2ccccc12)NCCCCCCCCCCCCOP(=O)(O)Oc1ccccc1. The first kappa shape index (κ1) is 35.7. The summed E-state index contributed by atoms with van der Waals surface area (Å²) < 4.78 is 26.6. The lowest BCUT2D eigenvalue weighted by Crippen LogP contribution is -2.26. The van der Waals surface area contributed by atoms with Gasteiger partial charge in [0.2, 0.25) is 5.91 Å². The Hall–Kier alpha value is -3.55. The van der Waals surface area contributed by atoms with Gasteiger partial charge in [-0.25, -0.2) is 4.57 Å². The third-order valence-electron chi connectivity index (χ3n) is 8.65. The Kier molecular flexibility index (Phi) is 13.6. The number of aromatic nitrogens is 2. The Morgan fingerprint density at radius 3 is 2.21 bits per heavy atom. The van der Waals surface area contributed by atoms with Gasteiger partial charge in [0.1, 0.15) is 5.75 Å². The van der Waals surface area contributed by atoms with Crippen LogP contribution in [0.1, 0.15) is 69.8 Å². The molecule has 2 aromatic heterocycles. The van der Waals surface area contributed by atoms with Gasteiger partial charge in [-0.3, -0.25) is 14.2 Å². The molecule has 8 nitrogen and oxygen atoms in total. The summed E-state index contributed by atoms with van der Waals surface area (Å²) >= 11 is 6.16. The zero-order chi connectivity index (χ0) is 33.6. The van der Waals surface area contributed by atoms with Gasteiger partial charge in [-0.05, 0) is 60.9 Å². The molecule has 1 atom stereocenters. The number of phosphoric acid groups is 1. The van der Waals surface area contributed by atoms with Crippen LogP contribution in [0, 0.1) is 0 Å². The highest BCUT2D eigenvalue weighted by Crippen LogP contribution is 2.43. The number of carbonyl (C=O) groups is 1. The van der Waals surface area contributed by atoms with Crippen LogP contribution in [0.4, 0.5) is 0 Å². The number of aryl methyl sites for hydroxylation is 2. The number of amides is 1. The molecule has 48 heavy (non-hydrogen) atoms. The number of fused-ring (bicyclic) bond motifs is 2. The van der Waals surface area contributed by atoms with Crippen molar-refractivity contribution in [1.29, 1.82) is 0 Å². The summed E-state index contributed by atoms with van der Waals surface area (Å²) in [5.41, 5.74) is 3.38. The van der Waals surface area contributed by atoms with Gasteiger partial charge in [0.05, 0.1) is 13.0 Å². The van der Waals surface area contributed by atoms with E-state index in [9.17, 15) is 14.3 Å². The Balaban J connectivity index is 0.903. The topological polar surface area (TPSA) is 94.7 Å². The van der Waals surface area contributed by atoms with Gasteiger partial charge in [-0.1, -0.05) is 99.4 Å². The first-order valence-electron chi connectivity index (χ1n) is 17.2. The number of benzene rings is 3. The fraction of sp³-hybridized carbons (Fsp3) is 0.395. The second-order valence-electron chi connectivity index (χ2n) is 12.3. The normalized spacial score (nSPS) is 12.8. The molecular formula is C38H47ClN3O5P. The molecule has 0 radical (unpaired) electrons. The van der Waals surface area contributed by atoms with Gasteiger partial charge < -0.3 is 19.0 Å². The number of nitrogens with one attached hydrogen (secondary N) is 1. The third kappa shape index (κ3) is 11.0. The number of hydrogen-bond donors (Lipinski definition) is 2. The van der Waals surface area contributed by atoms with Crippen molar-refractivity contribution in [2.24, 2.45) is 0 Å². The number of unbranched alkanes of at least 4 members (excludes halogenated alkanes) is 9. The standard InChI is InChI=1S/C38H47ClN3O5P/c39-33-20-21-36-31(28-33)22-24-41(36)25-26-42-30-32(35-18-12-13-19-37(35)42)29-38(43)40-23-14-7-5-3-1-2-4-6-8-15-27-46-48(44,45)47-34-16-10-9-11-17-34/h9-13,16-22,24,28,30H,1-8,14-15,23,25-27,29H2,(H,40,43)(H,44,45). The predicted molar refractivity (Wildman–Crippen MR) is 195 cm³/mol. The quantitative estimate of drug-likeness (QED) is 0.0590. The summed E-state index contributed by atoms with van der Waals surface area (Å²) in [6.45, 7) is 2.56. The van der Waals surface area contributed by atoms with Gasteiger partial charge in [-0.2, -0.15) is 0 Å². The van der Waals surface area contributed by atoms with Crippen LogP contribution in [0.15, 0.2) is 91.3 Å². The number of nitrogens with zero attached hydrogens (tertiary/aromatic N) is 2. The molecule has 256 valence electrons. The Morgan fingerprint density at radius 2 is 1.44 bits per heavy atom. The summed E-state index contributed by atoms with van der Waals surface area (Å²) in [6, 6.07) is 24.9. The molecule has 1 unspecified atom stereocenters. The molecule has 5 aromatic rings. The highest BCUT2D eigenvalue weighted by molar-refractivity contribution is 7.47. The van der Waals surface area contributed by atoms with Gasteiger partial charge in [0, 0.05) is 58.9 Å². The highest BCUT2D eigenvalue weighted by atomic mass is 35.5. The molecule has 1 amide bonds. The lowest BCUT2D eigenvalue weighted by atomic mass is 10.1. The summed E-state index contributed by atoms with van der Waals surface area (Å²) in [4.78, 5) is 22.7. The van der Waals surface area contributed by atoms with Crippen molar-refractivity contribution in [3.05, 3.63) is 102 Å². The zero-order valence-corrected chi connectivity index (χ0v) is 29.2. The number of rotatable bonds is 21. The average molecular weight is 692 g/mol. The predicted octanol–water partition coefficient (Wildman–Crippen LogP) is 9.71. The van der Waals surface area contributed by atoms with Crippen LogP contribution in [-0.2, 0) is 33.4 Å². The Morgan fingerprint density at radius 1 is 0.771 bits per heavy atom. The van der Waals surface area contributed by atoms with Crippen molar-refractivity contribution in [1.82, 2.24) is 14.5 Å². The second kappa shape index (κ2) is 18.3. The van der Waals surface area contributed by atoms with Gasteiger partial charge in [0.25, 0.3) is 0 Å². The van der Waals surface area contributed by atoms with Crippen molar-refractivity contribution >= 4 is 47.1 Å². The van der Waals surface area contributed by atoms with Crippen LogP contribution < -0.4 is 9.84 Å². The Labute approximate surface area is 288 Å². The van der Waals surface area contributed by atoms with Crippen LogP contribution in [0.5, 0.6) is 5.75 Å². The number of para-hydroxylation sites is 2. The Bertz CT molecular complexity index is 1790. The van der Waals surface area contributed by atoms with Crippen molar-refractivity contribution in [3.63, 3.8) is 0 Å². The fourth-order valence-corrected chi connectivity index (χ4v) is 7.14. The van der Waals surface area contributed by atoms with Crippen molar-refractivity contribution in [3.8, 4) is 5.75 Å². The molecule has 0 aliphatic rings. The highest BCUT2D eigenvalue weighted by Gasteiger charge is 2.22. The maximum absolute atomic E-state index is 12.8. The lowest BCUT2D eigenvalue weighted by molar-refractivity contribution is -0.120. The van der Waals surface area contributed by atoms with Crippen LogP contribution in [-0.4, -0.2) is 33.1 Å². The third-order valence-corrected chi connectivity index (χ3v) is 9.83. The van der Waals surface area contributed by atoms with Crippen LogP contribution in [0.25, 0.3) is 21.8 Å². The minimum Gasteiger partial charge on any atom is -0.404 e. The van der Waals surface area contributed by atoms with E-state index in [0.717, 1.165) is 78.5 Å². The molecule has 2 N–H and O–H groups in total. The summed E-state index contributed by atoms with van der Waals surface area (Å²) in [5.74, 6) is 0.396. The van der Waals surface area contributed by atoms with E-state index in [2.05, 4.69) is 57.2 Å². The molecule has 3 aromatic carbocycles. The van der Waals surface area contributed by atoms with E-state index in [0.29, 0.717) is 18.7 Å². The lowest BCUT2D eigenvalue weighted by Gasteiger charge is -2.12. The van der Waals surface area contributed by atoms with Crippen molar-refractivity contribution < 1.29 is 23.3 Å². The van der Waals surface area contributed by atoms with Crippen LogP contribution >= 0.6 is 19.4 Å². The van der Waals surface area contributed by atoms with E-state index in [1.807, 2.05) is 24.3 Å². The van der Waals surface area contributed by atoms with Gasteiger partial charge >= 0.3 is 7.82 Å². The van der Waals surface area contributed by atoms with Crippen molar-refractivity contribution in [2.45, 2.75) is 83.7 Å². The van der Waals surface area contributed by atoms with Crippen LogP contribution in [0.2, 0.25) is 5.02 Å². The van der Waals surface area contributed by atoms with Crippen LogP contribution in [0.3, 0.4) is 0 Å². The summed E-state index contributed by atoms with van der Waals surface area (Å²) in [7, 11) is -4.07. The van der Waals surface area contributed by atoms with E-state index in [1.54, 1.807) is 24.3 Å². The molecule has 0 fully saturated rings. The fourth-order valence-electron chi connectivity index (χ4n) is 6.16. The first-order valence-corrected chi connectivity index (χ1v) is 19.1. The maximum atomic E-state index is 12.8. The molecule has 0 bridgehead atoms. The number of halogens is 1. The van der Waals surface area contributed by atoms with Crippen molar-refractivity contribution in [2.75, 3.05) is 13.2 Å². The molecule has 2 heterocycles.